The smallest absolute Gasteiger partial charge is 0.267 e. The summed E-state index contributed by atoms with van der Waals surface area (Å²) in [5, 5.41) is 14.4. The van der Waals surface area contributed by atoms with Gasteiger partial charge in [0.15, 0.2) is 5.13 Å². The van der Waals surface area contributed by atoms with Gasteiger partial charge in [-0.05, 0) is 12.1 Å². The minimum atomic E-state index is -0.250. The number of benzene rings is 1. The molecule has 2 heterocycles. The molecule has 0 aliphatic rings. The van der Waals surface area contributed by atoms with Crippen LogP contribution in [0.1, 0.15) is 9.67 Å². The quantitative estimate of drug-likeness (QED) is 0.694. The van der Waals surface area contributed by atoms with Gasteiger partial charge in [-0.25, -0.2) is 4.98 Å². The average Bonchev–Trinajstić information content (AvgIpc) is 3.09. The molecule has 102 valence electrons. The van der Waals surface area contributed by atoms with E-state index in [1.165, 1.54) is 17.5 Å². The SMILES string of the molecule is CNc1ncc(C(=O)Nc2c(Cl)ccc3[nH]ncc23)s1. The van der Waals surface area contributed by atoms with Gasteiger partial charge in [0, 0.05) is 12.4 Å². The minimum Gasteiger partial charge on any atom is -0.365 e. The van der Waals surface area contributed by atoms with Crippen molar-refractivity contribution in [3.63, 3.8) is 0 Å². The first kappa shape index (κ1) is 12.9. The molecule has 8 heteroatoms. The zero-order valence-corrected chi connectivity index (χ0v) is 12.0. The normalized spacial score (nSPS) is 10.7. The molecule has 6 nitrogen and oxygen atoms in total. The highest BCUT2D eigenvalue weighted by Gasteiger charge is 2.14. The first-order chi connectivity index (χ1) is 9.69. The fraction of sp³-hybridized carbons (Fsp3) is 0.0833. The van der Waals surface area contributed by atoms with Crippen LogP contribution in [-0.4, -0.2) is 28.1 Å². The highest BCUT2D eigenvalue weighted by molar-refractivity contribution is 7.17. The molecular weight excluding hydrogens is 298 g/mol. The van der Waals surface area contributed by atoms with E-state index < -0.39 is 0 Å². The summed E-state index contributed by atoms with van der Waals surface area (Å²) in [5.41, 5.74) is 1.35. The Labute approximate surface area is 123 Å². The van der Waals surface area contributed by atoms with Gasteiger partial charge in [0.1, 0.15) is 4.88 Å². The average molecular weight is 308 g/mol. The van der Waals surface area contributed by atoms with Crippen LogP contribution in [0.25, 0.3) is 10.9 Å². The van der Waals surface area contributed by atoms with Crippen LogP contribution in [0.5, 0.6) is 0 Å². The van der Waals surface area contributed by atoms with Crippen LogP contribution in [0.4, 0.5) is 10.8 Å². The van der Waals surface area contributed by atoms with E-state index >= 15 is 0 Å². The lowest BCUT2D eigenvalue weighted by Crippen LogP contribution is -2.10. The Morgan fingerprint density at radius 3 is 3.00 bits per heavy atom. The third-order valence-corrected chi connectivity index (χ3v) is 4.08. The summed E-state index contributed by atoms with van der Waals surface area (Å²) >= 11 is 7.42. The summed E-state index contributed by atoms with van der Waals surface area (Å²) < 4.78 is 0. The molecule has 3 rings (SSSR count). The number of thiazole rings is 1. The second-order valence-electron chi connectivity index (χ2n) is 3.99. The molecule has 0 spiro atoms. The van der Waals surface area contributed by atoms with E-state index in [1.54, 1.807) is 19.3 Å². The molecule has 0 saturated heterocycles. The number of anilines is 2. The highest BCUT2D eigenvalue weighted by atomic mass is 35.5. The standard InChI is InChI=1S/C12H10ClN5OS/c1-14-12-15-5-9(20-12)11(19)17-10-6-4-16-18-8(6)3-2-7(10)13/h2-5H,1H3,(H,14,15)(H,16,18)(H,17,19). The zero-order chi connectivity index (χ0) is 14.1. The minimum absolute atomic E-state index is 0.250. The number of aromatic nitrogens is 3. The summed E-state index contributed by atoms with van der Waals surface area (Å²) in [6, 6.07) is 3.52. The Morgan fingerprint density at radius 1 is 1.40 bits per heavy atom. The third-order valence-electron chi connectivity index (χ3n) is 2.76. The number of rotatable bonds is 3. The number of amides is 1. The van der Waals surface area contributed by atoms with Gasteiger partial charge in [-0.1, -0.05) is 22.9 Å². The number of hydrogen-bond donors (Lipinski definition) is 3. The van der Waals surface area contributed by atoms with Gasteiger partial charge >= 0.3 is 0 Å². The molecular formula is C12H10ClN5OS. The molecule has 0 bridgehead atoms. The Hall–Kier alpha value is -2.12. The van der Waals surface area contributed by atoms with Crippen molar-refractivity contribution >= 4 is 50.6 Å². The number of H-pyrrole nitrogens is 1. The van der Waals surface area contributed by atoms with E-state index in [0.717, 1.165) is 10.9 Å². The summed E-state index contributed by atoms with van der Waals surface area (Å²) in [4.78, 5) is 16.8. The molecule has 0 radical (unpaired) electrons. The van der Waals surface area contributed by atoms with E-state index in [0.29, 0.717) is 20.7 Å². The molecule has 0 aliphatic heterocycles. The molecule has 1 amide bonds. The summed E-state index contributed by atoms with van der Waals surface area (Å²) in [5.74, 6) is -0.250. The van der Waals surface area contributed by atoms with E-state index in [1.807, 2.05) is 6.07 Å². The van der Waals surface area contributed by atoms with Crippen molar-refractivity contribution in [1.82, 2.24) is 15.2 Å². The monoisotopic (exact) mass is 307 g/mol. The van der Waals surface area contributed by atoms with Crippen LogP contribution in [-0.2, 0) is 0 Å². The number of fused-ring (bicyclic) bond motifs is 1. The van der Waals surface area contributed by atoms with Crippen molar-refractivity contribution in [2.75, 3.05) is 17.7 Å². The van der Waals surface area contributed by atoms with E-state index in [9.17, 15) is 4.79 Å². The van der Waals surface area contributed by atoms with E-state index in [-0.39, 0.29) is 5.91 Å². The van der Waals surface area contributed by atoms with Gasteiger partial charge in [-0.3, -0.25) is 9.89 Å². The van der Waals surface area contributed by atoms with Crippen molar-refractivity contribution in [3.8, 4) is 0 Å². The van der Waals surface area contributed by atoms with E-state index in [4.69, 9.17) is 11.6 Å². The van der Waals surface area contributed by atoms with Gasteiger partial charge in [-0.15, -0.1) is 0 Å². The third kappa shape index (κ3) is 2.21. The Morgan fingerprint density at radius 2 is 2.25 bits per heavy atom. The summed E-state index contributed by atoms with van der Waals surface area (Å²) in [7, 11) is 1.75. The number of aromatic amines is 1. The molecule has 3 aromatic rings. The zero-order valence-electron chi connectivity index (χ0n) is 10.4. The number of carbonyl (C=O) groups excluding carboxylic acids is 1. The van der Waals surface area contributed by atoms with Gasteiger partial charge in [0.2, 0.25) is 0 Å². The summed E-state index contributed by atoms with van der Waals surface area (Å²) in [6.45, 7) is 0. The Bertz CT molecular complexity index is 781. The second kappa shape index (κ2) is 5.10. The van der Waals surface area contributed by atoms with Gasteiger partial charge in [0.25, 0.3) is 5.91 Å². The first-order valence-electron chi connectivity index (χ1n) is 5.75. The number of nitrogens with one attached hydrogen (secondary N) is 3. The Balaban J connectivity index is 1.94. The molecule has 20 heavy (non-hydrogen) atoms. The maximum Gasteiger partial charge on any atom is 0.267 e. The summed E-state index contributed by atoms with van der Waals surface area (Å²) in [6.07, 6.45) is 3.15. The molecule has 0 saturated carbocycles. The van der Waals surface area contributed by atoms with Crippen molar-refractivity contribution in [1.29, 1.82) is 0 Å². The molecule has 0 unspecified atom stereocenters. The number of nitrogens with zero attached hydrogens (tertiary/aromatic N) is 2. The lowest BCUT2D eigenvalue weighted by atomic mass is 10.2. The van der Waals surface area contributed by atoms with Gasteiger partial charge in [0.05, 0.1) is 28.6 Å². The Kier molecular flexibility index (Phi) is 3.29. The highest BCUT2D eigenvalue weighted by Crippen LogP contribution is 2.31. The van der Waals surface area contributed by atoms with Crippen molar-refractivity contribution < 1.29 is 4.79 Å². The maximum atomic E-state index is 12.2. The maximum absolute atomic E-state index is 12.2. The predicted molar refractivity (Wildman–Crippen MR) is 80.7 cm³/mol. The lowest BCUT2D eigenvalue weighted by Gasteiger charge is -2.06. The van der Waals surface area contributed by atoms with Gasteiger partial charge < -0.3 is 10.6 Å². The van der Waals surface area contributed by atoms with Crippen LogP contribution >= 0.6 is 22.9 Å². The number of halogens is 1. The predicted octanol–water partition coefficient (Wildman–Crippen LogP) is 2.97. The van der Waals surface area contributed by atoms with Crippen molar-refractivity contribution in [2.45, 2.75) is 0 Å². The van der Waals surface area contributed by atoms with Crippen LogP contribution in [0.15, 0.2) is 24.5 Å². The number of carbonyl (C=O) groups is 1. The first-order valence-corrected chi connectivity index (χ1v) is 6.95. The second-order valence-corrected chi connectivity index (χ2v) is 5.43. The van der Waals surface area contributed by atoms with Gasteiger partial charge in [-0.2, -0.15) is 5.10 Å². The van der Waals surface area contributed by atoms with Crippen molar-refractivity contribution in [2.24, 2.45) is 0 Å². The van der Waals surface area contributed by atoms with E-state index in [2.05, 4.69) is 25.8 Å². The largest absolute Gasteiger partial charge is 0.365 e. The molecule has 0 atom stereocenters. The molecule has 0 aliphatic carbocycles. The van der Waals surface area contributed by atoms with Crippen molar-refractivity contribution in [3.05, 3.63) is 34.4 Å². The lowest BCUT2D eigenvalue weighted by molar-refractivity contribution is 0.103. The fourth-order valence-corrected chi connectivity index (χ4v) is 2.66. The van der Waals surface area contributed by atoms with Crippen LogP contribution in [0.2, 0.25) is 5.02 Å². The number of hydrogen-bond acceptors (Lipinski definition) is 5. The molecule has 3 N–H and O–H groups in total. The van der Waals surface area contributed by atoms with Crippen LogP contribution in [0, 0.1) is 0 Å². The van der Waals surface area contributed by atoms with Crippen LogP contribution in [0.3, 0.4) is 0 Å². The molecule has 1 aromatic carbocycles. The van der Waals surface area contributed by atoms with Crippen LogP contribution < -0.4 is 10.6 Å². The molecule has 0 fully saturated rings. The molecule has 2 aromatic heterocycles. The fourth-order valence-electron chi connectivity index (χ4n) is 1.79. The topological polar surface area (TPSA) is 82.7 Å².